The van der Waals surface area contributed by atoms with Crippen molar-refractivity contribution in [1.82, 2.24) is 9.47 Å². The van der Waals surface area contributed by atoms with Crippen molar-refractivity contribution in [3.05, 3.63) is 35.0 Å². The number of benzene rings is 1. The summed E-state index contributed by atoms with van der Waals surface area (Å²) in [6.07, 6.45) is 2.08. The fraction of sp³-hybridized carbons (Fsp3) is 0.400. The minimum absolute atomic E-state index is 0.0954. The van der Waals surface area contributed by atoms with Gasteiger partial charge in [0.15, 0.2) is 0 Å². The third kappa shape index (κ3) is 2.02. The Kier molecular flexibility index (Phi) is 2.82. The second-order valence-electron chi connectivity index (χ2n) is 5.32. The van der Waals surface area contributed by atoms with Crippen molar-refractivity contribution in [1.29, 1.82) is 0 Å². The molecule has 0 saturated heterocycles. The van der Waals surface area contributed by atoms with Crippen LogP contribution in [0, 0.1) is 0 Å². The summed E-state index contributed by atoms with van der Waals surface area (Å²) in [5.41, 5.74) is 4.77. The van der Waals surface area contributed by atoms with Gasteiger partial charge in [-0.05, 0) is 42.8 Å². The van der Waals surface area contributed by atoms with Crippen LogP contribution >= 0.6 is 0 Å². The number of nitrogens with zero attached hydrogens (tertiary/aromatic N) is 2. The first-order valence-electron chi connectivity index (χ1n) is 6.62. The molecule has 1 aliphatic heterocycles. The lowest BCUT2D eigenvalue weighted by molar-refractivity contribution is -0.136. The van der Waals surface area contributed by atoms with Crippen molar-refractivity contribution in [2.24, 2.45) is 0 Å². The average molecular weight is 258 g/mol. The molecule has 4 heteroatoms. The highest BCUT2D eigenvalue weighted by atomic mass is 16.4. The van der Waals surface area contributed by atoms with Crippen LogP contribution in [0.2, 0.25) is 0 Å². The minimum atomic E-state index is -0.771. The molecule has 3 rings (SSSR count). The lowest BCUT2D eigenvalue weighted by atomic mass is 10.0. The van der Waals surface area contributed by atoms with E-state index in [1.807, 2.05) is 6.20 Å². The third-order valence-electron chi connectivity index (χ3n) is 3.85. The maximum atomic E-state index is 11.0. The Labute approximate surface area is 112 Å². The molecule has 0 saturated carbocycles. The Morgan fingerprint density at radius 3 is 2.63 bits per heavy atom. The highest BCUT2D eigenvalue weighted by Crippen LogP contribution is 2.30. The highest BCUT2D eigenvalue weighted by molar-refractivity contribution is 5.89. The van der Waals surface area contributed by atoms with Gasteiger partial charge in [-0.25, -0.2) is 0 Å². The number of carbonyl (C=O) groups is 1. The van der Waals surface area contributed by atoms with Crippen LogP contribution in [-0.2, 0) is 30.8 Å². The van der Waals surface area contributed by atoms with Crippen LogP contribution in [-0.4, -0.2) is 27.6 Å². The van der Waals surface area contributed by atoms with Crippen molar-refractivity contribution in [2.75, 3.05) is 7.05 Å². The zero-order valence-corrected chi connectivity index (χ0v) is 11.3. The third-order valence-corrected chi connectivity index (χ3v) is 3.85. The first-order chi connectivity index (χ1) is 9.08. The lowest BCUT2D eigenvalue weighted by Gasteiger charge is -2.03. The molecule has 1 aromatic heterocycles. The Morgan fingerprint density at radius 2 is 2.00 bits per heavy atom. The first kappa shape index (κ1) is 12.2. The van der Waals surface area contributed by atoms with E-state index in [1.54, 1.807) is 0 Å². The summed E-state index contributed by atoms with van der Waals surface area (Å²) < 4.78 is 2.15. The molecule has 0 fully saturated rings. The van der Waals surface area contributed by atoms with Gasteiger partial charge in [-0.1, -0.05) is 0 Å². The quantitative estimate of drug-likeness (QED) is 0.918. The fourth-order valence-electron chi connectivity index (χ4n) is 3.00. The van der Waals surface area contributed by atoms with Crippen molar-refractivity contribution < 1.29 is 9.90 Å². The van der Waals surface area contributed by atoms with Crippen molar-refractivity contribution in [2.45, 2.75) is 33.0 Å². The van der Waals surface area contributed by atoms with E-state index in [-0.39, 0.29) is 6.42 Å². The van der Waals surface area contributed by atoms with E-state index in [1.165, 1.54) is 11.1 Å². The van der Waals surface area contributed by atoms with Gasteiger partial charge < -0.3 is 9.67 Å². The molecular formula is C15H18N2O2. The fourth-order valence-corrected chi connectivity index (χ4v) is 3.00. The second-order valence-corrected chi connectivity index (χ2v) is 5.32. The molecule has 1 aliphatic rings. The highest BCUT2D eigenvalue weighted by Gasteiger charge is 2.19. The number of aliphatic carboxylic acids is 1. The summed E-state index contributed by atoms with van der Waals surface area (Å²) in [7, 11) is 2.11. The Morgan fingerprint density at radius 1 is 1.32 bits per heavy atom. The van der Waals surface area contributed by atoms with Crippen LogP contribution in [0.25, 0.3) is 10.9 Å². The molecule has 0 atom stereocenters. The largest absolute Gasteiger partial charge is 0.481 e. The van der Waals surface area contributed by atoms with E-state index >= 15 is 0 Å². The Bertz CT molecular complexity index is 658. The van der Waals surface area contributed by atoms with E-state index < -0.39 is 5.97 Å². The molecule has 0 amide bonds. The molecule has 100 valence electrons. The molecule has 0 aliphatic carbocycles. The van der Waals surface area contributed by atoms with E-state index in [9.17, 15) is 4.79 Å². The topological polar surface area (TPSA) is 45.5 Å². The van der Waals surface area contributed by atoms with Gasteiger partial charge in [0.2, 0.25) is 0 Å². The predicted molar refractivity (Wildman–Crippen MR) is 74.1 cm³/mol. The molecule has 1 aromatic carbocycles. The summed E-state index contributed by atoms with van der Waals surface area (Å²) in [4.78, 5) is 13.3. The number of rotatable bonds is 3. The molecular weight excluding hydrogens is 240 g/mol. The van der Waals surface area contributed by atoms with Crippen molar-refractivity contribution in [3.63, 3.8) is 0 Å². The zero-order valence-electron chi connectivity index (χ0n) is 11.3. The first-order valence-corrected chi connectivity index (χ1v) is 6.62. The average Bonchev–Trinajstić information content (AvgIpc) is 2.85. The summed E-state index contributed by atoms with van der Waals surface area (Å²) in [6.45, 7) is 4.89. The van der Waals surface area contributed by atoms with Gasteiger partial charge in [0.05, 0.1) is 6.42 Å². The van der Waals surface area contributed by atoms with Crippen LogP contribution < -0.4 is 0 Å². The number of fused-ring (bicyclic) bond motifs is 2. The number of carboxylic acid groups (broad SMARTS) is 1. The number of hydrogen-bond acceptors (Lipinski definition) is 2. The predicted octanol–water partition coefficient (Wildman–Crippen LogP) is 2.23. The molecule has 0 spiro atoms. The van der Waals surface area contributed by atoms with Gasteiger partial charge in [-0.3, -0.25) is 9.69 Å². The maximum absolute atomic E-state index is 11.0. The van der Waals surface area contributed by atoms with Crippen LogP contribution in [0.5, 0.6) is 0 Å². The van der Waals surface area contributed by atoms with Crippen molar-refractivity contribution in [3.8, 4) is 0 Å². The van der Waals surface area contributed by atoms with Gasteiger partial charge in [-0.15, -0.1) is 0 Å². The molecule has 0 bridgehead atoms. The monoisotopic (exact) mass is 258 g/mol. The molecule has 2 aromatic rings. The molecule has 19 heavy (non-hydrogen) atoms. The van der Waals surface area contributed by atoms with Crippen LogP contribution in [0.4, 0.5) is 0 Å². The van der Waals surface area contributed by atoms with E-state index in [2.05, 4.69) is 35.6 Å². The van der Waals surface area contributed by atoms with E-state index in [0.29, 0.717) is 0 Å². The molecule has 4 nitrogen and oxygen atoms in total. The second kappa shape index (κ2) is 4.38. The zero-order chi connectivity index (χ0) is 13.6. The number of aryl methyl sites for hydroxylation is 1. The van der Waals surface area contributed by atoms with Crippen LogP contribution in [0.3, 0.4) is 0 Å². The number of carboxylic acids is 1. The Balaban J connectivity index is 2.18. The van der Waals surface area contributed by atoms with Crippen LogP contribution in [0.15, 0.2) is 18.3 Å². The Hall–Kier alpha value is -1.81. The lowest BCUT2D eigenvalue weighted by Crippen LogP contribution is -2.07. The van der Waals surface area contributed by atoms with E-state index in [4.69, 9.17) is 5.11 Å². The summed E-state index contributed by atoms with van der Waals surface area (Å²) in [5, 5.41) is 10.1. The summed E-state index contributed by atoms with van der Waals surface area (Å²) in [5.74, 6) is -0.771. The van der Waals surface area contributed by atoms with Gasteiger partial charge in [0, 0.05) is 36.7 Å². The minimum Gasteiger partial charge on any atom is -0.481 e. The normalized spacial score (nSPS) is 15.1. The molecule has 1 N–H and O–H groups in total. The smallest absolute Gasteiger partial charge is 0.307 e. The van der Waals surface area contributed by atoms with Gasteiger partial charge in [0.25, 0.3) is 0 Å². The summed E-state index contributed by atoms with van der Waals surface area (Å²) in [6, 6.07) is 4.40. The standard InChI is InChI=1S/C15H18N2O2/c1-3-17-9-12(6-15(18)19)13-4-10-7-16(2)8-11(10)5-14(13)17/h4-5,9H,3,6-8H2,1-2H3,(H,18,19). The molecule has 2 heterocycles. The van der Waals surface area contributed by atoms with Crippen molar-refractivity contribution >= 4 is 16.9 Å². The maximum Gasteiger partial charge on any atom is 0.307 e. The van der Waals surface area contributed by atoms with E-state index in [0.717, 1.165) is 36.1 Å². The van der Waals surface area contributed by atoms with Gasteiger partial charge in [-0.2, -0.15) is 0 Å². The van der Waals surface area contributed by atoms with Crippen LogP contribution in [0.1, 0.15) is 23.6 Å². The van der Waals surface area contributed by atoms with Gasteiger partial charge in [0.1, 0.15) is 0 Å². The molecule has 0 radical (unpaired) electrons. The number of hydrogen-bond donors (Lipinski definition) is 1. The SMILES string of the molecule is CCn1cc(CC(=O)O)c2cc3c(cc21)CN(C)C3. The molecule has 0 unspecified atom stereocenters. The summed E-state index contributed by atoms with van der Waals surface area (Å²) >= 11 is 0. The number of aromatic nitrogens is 1. The van der Waals surface area contributed by atoms with Gasteiger partial charge >= 0.3 is 5.97 Å².